The third-order valence-electron chi connectivity index (χ3n) is 5.50. The molecule has 35 heavy (non-hydrogen) atoms. The molecule has 2 saturated heterocycles. The van der Waals surface area contributed by atoms with Crippen molar-refractivity contribution in [2.24, 2.45) is 4.99 Å². The van der Waals surface area contributed by atoms with Gasteiger partial charge in [-0.15, -0.1) is 0 Å². The molecule has 0 spiro atoms. The van der Waals surface area contributed by atoms with Crippen LogP contribution in [-0.4, -0.2) is 97.1 Å². The fourth-order valence-electron chi connectivity index (χ4n) is 4.10. The van der Waals surface area contributed by atoms with E-state index < -0.39 is 35.9 Å². The zero-order chi connectivity index (χ0) is 25.2. The van der Waals surface area contributed by atoms with Crippen LogP contribution >= 0.6 is 0 Å². The Morgan fingerprint density at radius 1 is 1.29 bits per heavy atom. The molecule has 0 N–H and O–H groups in total. The second-order valence-electron chi connectivity index (χ2n) is 8.73. The van der Waals surface area contributed by atoms with Crippen LogP contribution in [0.2, 0.25) is 0 Å². The minimum Gasteiger partial charge on any atom is -0.432 e. The van der Waals surface area contributed by atoms with E-state index in [0.717, 1.165) is 0 Å². The van der Waals surface area contributed by atoms with Crippen molar-refractivity contribution in [1.29, 1.82) is 5.26 Å². The van der Waals surface area contributed by atoms with Crippen molar-refractivity contribution in [2.75, 3.05) is 41.0 Å². The number of fused-ring (bicyclic) bond motifs is 2. The molecule has 2 fully saturated rings. The van der Waals surface area contributed by atoms with E-state index >= 15 is 0 Å². The number of carbonyl (C=O) groups excluding carboxylic acids is 1. The highest BCUT2D eigenvalue weighted by molar-refractivity contribution is 5.71. The molecule has 0 unspecified atom stereocenters. The van der Waals surface area contributed by atoms with Crippen LogP contribution in [-0.2, 0) is 34.0 Å². The van der Waals surface area contributed by atoms with E-state index in [-0.39, 0.29) is 19.8 Å². The largest absolute Gasteiger partial charge is 0.508 e. The Kier molecular flexibility index (Phi) is 6.91. The zero-order valence-corrected chi connectivity index (χ0v) is 20.2. The van der Waals surface area contributed by atoms with Gasteiger partial charge in [0.1, 0.15) is 49.4 Å². The Labute approximate surface area is 202 Å². The van der Waals surface area contributed by atoms with E-state index in [9.17, 15) is 10.1 Å². The van der Waals surface area contributed by atoms with Gasteiger partial charge in [0.25, 0.3) is 0 Å². The van der Waals surface area contributed by atoms with Crippen LogP contribution in [0.15, 0.2) is 23.5 Å². The van der Waals surface area contributed by atoms with Gasteiger partial charge in [-0.05, 0) is 26.0 Å². The maximum absolute atomic E-state index is 11.9. The highest BCUT2D eigenvalue weighted by Crippen LogP contribution is 2.49. The molecule has 4 atom stereocenters. The minimum absolute atomic E-state index is 0.0518. The quantitative estimate of drug-likeness (QED) is 0.230. The SMILES string of the molecule is COCCOC(=O)OC[C@H]1O[C@@](C#N)(c2ccc3c(N=CN(C)C)ncnn23)[C@@H]2OC(C)(C)O[C@@H]21. The van der Waals surface area contributed by atoms with Crippen LogP contribution in [0.25, 0.3) is 5.52 Å². The summed E-state index contributed by atoms with van der Waals surface area (Å²) in [6.07, 6.45) is -0.207. The number of hydrogen-bond donors (Lipinski definition) is 0. The van der Waals surface area contributed by atoms with Gasteiger partial charge in [-0.1, -0.05) is 0 Å². The normalized spacial score (nSPS) is 27.1. The average Bonchev–Trinajstić information content (AvgIpc) is 3.47. The number of nitriles is 1. The molecule has 0 aromatic carbocycles. The minimum atomic E-state index is -1.60. The first-order chi connectivity index (χ1) is 16.7. The first-order valence-corrected chi connectivity index (χ1v) is 11.0. The van der Waals surface area contributed by atoms with E-state index in [1.807, 2.05) is 14.1 Å². The van der Waals surface area contributed by atoms with Gasteiger partial charge in [0.15, 0.2) is 11.6 Å². The molecule has 0 radical (unpaired) electrons. The van der Waals surface area contributed by atoms with Crippen molar-refractivity contribution >= 4 is 23.8 Å². The van der Waals surface area contributed by atoms with Crippen LogP contribution in [0.4, 0.5) is 10.6 Å². The van der Waals surface area contributed by atoms with Crippen molar-refractivity contribution in [1.82, 2.24) is 19.5 Å². The number of aromatic nitrogens is 3. The summed E-state index contributed by atoms with van der Waals surface area (Å²) in [5.74, 6) is -0.563. The first kappa shape index (κ1) is 24.8. The molecular formula is C22H28N6O7. The molecule has 4 heterocycles. The average molecular weight is 489 g/mol. The zero-order valence-electron chi connectivity index (χ0n) is 20.2. The number of methoxy groups -OCH3 is 1. The Morgan fingerprint density at radius 2 is 2.09 bits per heavy atom. The lowest BCUT2D eigenvalue weighted by Gasteiger charge is -2.28. The lowest BCUT2D eigenvalue weighted by molar-refractivity contribution is -0.205. The number of carbonyl (C=O) groups is 1. The first-order valence-electron chi connectivity index (χ1n) is 11.0. The highest BCUT2D eigenvalue weighted by atomic mass is 16.8. The number of hydrogen-bond acceptors (Lipinski definition) is 11. The molecule has 13 heteroatoms. The molecule has 2 aliphatic heterocycles. The van der Waals surface area contributed by atoms with Crippen LogP contribution in [0, 0.1) is 11.3 Å². The summed E-state index contributed by atoms with van der Waals surface area (Å²) in [5, 5.41) is 14.7. The molecule has 2 aromatic heterocycles. The molecular weight excluding hydrogens is 460 g/mol. The van der Waals surface area contributed by atoms with Crippen LogP contribution < -0.4 is 0 Å². The van der Waals surface area contributed by atoms with Crippen LogP contribution in [0.3, 0.4) is 0 Å². The van der Waals surface area contributed by atoms with Gasteiger partial charge in [-0.3, -0.25) is 0 Å². The molecule has 0 saturated carbocycles. The van der Waals surface area contributed by atoms with Gasteiger partial charge in [-0.2, -0.15) is 10.4 Å². The van der Waals surface area contributed by atoms with Crippen LogP contribution in [0.1, 0.15) is 19.5 Å². The summed E-state index contributed by atoms with van der Waals surface area (Å²) in [6, 6.07) is 5.74. The molecule has 4 rings (SSSR count). The monoisotopic (exact) mass is 488 g/mol. The topological polar surface area (TPSA) is 142 Å². The number of ether oxygens (including phenoxy) is 6. The van der Waals surface area contributed by atoms with E-state index in [1.54, 1.807) is 41.7 Å². The second kappa shape index (κ2) is 9.74. The van der Waals surface area contributed by atoms with E-state index in [1.165, 1.54) is 13.4 Å². The molecule has 13 nitrogen and oxygen atoms in total. The number of aliphatic imine (C=N–C) groups is 1. The summed E-state index contributed by atoms with van der Waals surface area (Å²) < 4.78 is 35.0. The third kappa shape index (κ3) is 4.78. The molecule has 2 aliphatic rings. The van der Waals surface area contributed by atoms with Crippen molar-refractivity contribution in [3.8, 4) is 6.07 Å². The smallest absolute Gasteiger partial charge is 0.432 e. The maximum Gasteiger partial charge on any atom is 0.508 e. The van der Waals surface area contributed by atoms with E-state index in [0.29, 0.717) is 17.0 Å². The lowest BCUT2D eigenvalue weighted by Crippen LogP contribution is -2.40. The van der Waals surface area contributed by atoms with Gasteiger partial charge in [-0.25, -0.2) is 19.3 Å². The van der Waals surface area contributed by atoms with Crippen molar-refractivity contribution in [3.63, 3.8) is 0 Å². The molecule has 0 aliphatic carbocycles. The summed E-state index contributed by atoms with van der Waals surface area (Å²) in [6.45, 7) is 3.59. The summed E-state index contributed by atoms with van der Waals surface area (Å²) in [5.41, 5.74) is -0.606. The standard InChI is InChI=1S/C22H28N6O7/c1-21(2)34-17-15(10-32-20(29)31-9-8-30-5)33-22(11-23,18(17)35-21)16-7-6-14-19(25-13-27(3)4)24-12-26-28(14)16/h6-7,12-13,15,17-18H,8-10H2,1-5H3/t15-,17-,18-,22+/m1/s1. The summed E-state index contributed by atoms with van der Waals surface area (Å²) >= 11 is 0. The van der Waals surface area contributed by atoms with E-state index in [2.05, 4.69) is 21.1 Å². The third-order valence-corrected chi connectivity index (χ3v) is 5.50. The Bertz CT molecular complexity index is 1140. The van der Waals surface area contributed by atoms with Crippen molar-refractivity contribution in [3.05, 3.63) is 24.2 Å². The number of rotatable bonds is 8. The lowest BCUT2D eigenvalue weighted by atomic mass is 9.92. The second-order valence-corrected chi connectivity index (χ2v) is 8.73. The predicted octanol–water partition coefficient (Wildman–Crippen LogP) is 1.39. The molecule has 0 amide bonds. The Hall–Kier alpha value is -3.31. The van der Waals surface area contributed by atoms with Crippen molar-refractivity contribution in [2.45, 2.75) is 43.5 Å². The van der Waals surface area contributed by atoms with Gasteiger partial charge < -0.3 is 33.3 Å². The summed E-state index contributed by atoms with van der Waals surface area (Å²) in [4.78, 5) is 22.3. The molecule has 2 aromatic rings. The highest BCUT2D eigenvalue weighted by Gasteiger charge is 2.65. The van der Waals surface area contributed by atoms with E-state index in [4.69, 9.17) is 28.4 Å². The van der Waals surface area contributed by atoms with Gasteiger partial charge in [0, 0.05) is 21.2 Å². The maximum atomic E-state index is 11.9. The van der Waals surface area contributed by atoms with Crippen molar-refractivity contribution < 1.29 is 33.2 Å². The fraction of sp³-hybridized carbons (Fsp3) is 0.591. The summed E-state index contributed by atoms with van der Waals surface area (Å²) in [7, 11) is 5.18. The van der Waals surface area contributed by atoms with Crippen LogP contribution in [0.5, 0.6) is 0 Å². The van der Waals surface area contributed by atoms with Gasteiger partial charge >= 0.3 is 6.16 Å². The number of nitrogens with zero attached hydrogens (tertiary/aromatic N) is 6. The Morgan fingerprint density at radius 3 is 2.80 bits per heavy atom. The Balaban J connectivity index is 1.66. The molecule has 0 bridgehead atoms. The van der Waals surface area contributed by atoms with Gasteiger partial charge in [0.2, 0.25) is 5.60 Å². The fourth-order valence-corrected chi connectivity index (χ4v) is 4.10. The predicted molar refractivity (Wildman–Crippen MR) is 120 cm³/mol. The van der Waals surface area contributed by atoms with Gasteiger partial charge in [0.05, 0.1) is 18.6 Å². The molecule has 188 valence electrons.